The van der Waals surface area contributed by atoms with Crippen LogP contribution in [0.4, 0.5) is 10.8 Å². The van der Waals surface area contributed by atoms with Crippen LogP contribution < -0.4 is 10.1 Å². The molecule has 0 saturated heterocycles. The predicted octanol–water partition coefficient (Wildman–Crippen LogP) is 5.13. The van der Waals surface area contributed by atoms with Crippen LogP contribution in [0.15, 0.2) is 46.9 Å². The van der Waals surface area contributed by atoms with Crippen LogP contribution in [-0.4, -0.2) is 17.0 Å². The molecule has 0 amide bonds. The van der Waals surface area contributed by atoms with Gasteiger partial charge in [0.05, 0.1) is 28.3 Å². The first-order chi connectivity index (χ1) is 12.5. The summed E-state index contributed by atoms with van der Waals surface area (Å²) in [6.45, 7) is 1.97. The molecule has 1 atom stereocenters. The van der Waals surface area contributed by atoms with E-state index in [2.05, 4.69) is 10.3 Å². The van der Waals surface area contributed by atoms with Gasteiger partial charge in [0.2, 0.25) is 0 Å². The van der Waals surface area contributed by atoms with E-state index in [1.54, 1.807) is 13.2 Å². The highest BCUT2D eigenvalue weighted by atomic mass is 32.1. The number of hydrogen-bond acceptors (Lipinski definition) is 7. The van der Waals surface area contributed by atoms with Gasteiger partial charge in [-0.25, -0.2) is 4.98 Å². The highest BCUT2D eigenvalue weighted by Gasteiger charge is 2.16. The Hall–Kier alpha value is -3.13. The number of non-ortho nitro benzene ring substituents is 1. The third-order valence-corrected chi connectivity index (χ3v) is 5.05. The maximum absolute atomic E-state index is 10.9. The molecule has 2 aromatic carbocycles. The number of hydrogen-bond donors (Lipinski definition) is 1. The summed E-state index contributed by atoms with van der Waals surface area (Å²) in [5, 5.41) is 15.8. The molecule has 0 bridgehead atoms. The van der Waals surface area contributed by atoms with Gasteiger partial charge in [0.1, 0.15) is 5.76 Å². The van der Waals surface area contributed by atoms with Gasteiger partial charge in [0, 0.05) is 17.5 Å². The van der Waals surface area contributed by atoms with E-state index in [0.717, 1.165) is 21.4 Å². The highest BCUT2D eigenvalue weighted by Crippen LogP contribution is 2.34. The van der Waals surface area contributed by atoms with Crippen LogP contribution in [0.2, 0.25) is 0 Å². The minimum absolute atomic E-state index is 0.0603. The Bertz CT molecular complexity index is 1120. The number of furan rings is 1. The minimum atomic E-state index is -0.406. The summed E-state index contributed by atoms with van der Waals surface area (Å²) < 4.78 is 12.0. The van der Waals surface area contributed by atoms with Crippen molar-refractivity contribution in [3.63, 3.8) is 0 Å². The lowest BCUT2D eigenvalue weighted by molar-refractivity contribution is -0.384. The Morgan fingerprint density at radius 3 is 2.92 bits per heavy atom. The molecule has 0 radical (unpaired) electrons. The number of para-hydroxylation sites is 1. The number of rotatable bonds is 5. The Labute approximate surface area is 152 Å². The SMILES string of the molecule is COc1cccc2cc(C(C)Nc3nc4ccc([N+](=O)[O-])cc4s3)oc12. The average Bonchev–Trinajstić information content (AvgIpc) is 3.23. The zero-order valence-corrected chi connectivity index (χ0v) is 14.9. The van der Waals surface area contributed by atoms with Crippen LogP contribution in [0.5, 0.6) is 5.75 Å². The van der Waals surface area contributed by atoms with Gasteiger partial charge in [-0.15, -0.1) is 0 Å². The largest absolute Gasteiger partial charge is 0.493 e. The molecule has 4 rings (SSSR count). The fourth-order valence-electron chi connectivity index (χ4n) is 2.78. The molecule has 132 valence electrons. The van der Waals surface area contributed by atoms with Crippen LogP contribution >= 0.6 is 11.3 Å². The van der Waals surface area contributed by atoms with E-state index in [9.17, 15) is 10.1 Å². The first-order valence-electron chi connectivity index (χ1n) is 7.93. The number of benzene rings is 2. The number of nitro groups is 1. The second-order valence-corrected chi connectivity index (χ2v) is 6.85. The van der Waals surface area contributed by atoms with Gasteiger partial charge in [-0.05, 0) is 25.1 Å². The van der Waals surface area contributed by atoms with Gasteiger partial charge < -0.3 is 14.5 Å². The summed E-state index contributed by atoms with van der Waals surface area (Å²) >= 11 is 1.37. The minimum Gasteiger partial charge on any atom is -0.493 e. The normalized spacial score (nSPS) is 12.4. The Morgan fingerprint density at radius 1 is 1.31 bits per heavy atom. The predicted molar refractivity (Wildman–Crippen MR) is 101 cm³/mol. The topological polar surface area (TPSA) is 90.4 Å². The number of aromatic nitrogens is 1. The van der Waals surface area contributed by atoms with Crippen LogP contribution in [0, 0.1) is 10.1 Å². The Kier molecular flexibility index (Phi) is 3.96. The summed E-state index contributed by atoms with van der Waals surface area (Å²) in [5.41, 5.74) is 1.49. The van der Waals surface area contributed by atoms with Gasteiger partial charge in [-0.1, -0.05) is 23.5 Å². The maximum Gasteiger partial charge on any atom is 0.270 e. The van der Waals surface area contributed by atoms with Crippen LogP contribution in [-0.2, 0) is 0 Å². The quantitative estimate of drug-likeness (QED) is 0.387. The monoisotopic (exact) mass is 369 g/mol. The lowest BCUT2D eigenvalue weighted by Crippen LogP contribution is -2.04. The molecule has 7 nitrogen and oxygen atoms in total. The van der Waals surface area contributed by atoms with Gasteiger partial charge in [0.15, 0.2) is 16.5 Å². The molecule has 1 N–H and O–H groups in total. The number of thiazole rings is 1. The highest BCUT2D eigenvalue weighted by molar-refractivity contribution is 7.22. The van der Waals surface area contributed by atoms with Crippen molar-refractivity contribution in [1.29, 1.82) is 0 Å². The van der Waals surface area contributed by atoms with Crippen LogP contribution in [0.3, 0.4) is 0 Å². The van der Waals surface area contributed by atoms with Crippen molar-refractivity contribution in [3.8, 4) is 5.75 Å². The molecular weight excluding hydrogens is 354 g/mol. The maximum atomic E-state index is 10.9. The summed E-state index contributed by atoms with van der Waals surface area (Å²) in [6, 6.07) is 12.2. The molecule has 0 saturated carbocycles. The standard InChI is InChI=1S/C18H15N3O4S/c1-10(15-8-11-4-3-5-14(24-2)17(11)25-15)19-18-20-13-7-6-12(21(22)23)9-16(13)26-18/h3-10H,1-2H3,(H,19,20). The number of methoxy groups -OCH3 is 1. The molecule has 8 heteroatoms. The summed E-state index contributed by atoms with van der Waals surface area (Å²) in [5.74, 6) is 1.45. The van der Waals surface area contributed by atoms with E-state index in [1.807, 2.05) is 31.2 Å². The van der Waals surface area contributed by atoms with Crippen molar-refractivity contribution >= 4 is 43.3 Å². The smallest absolute Gasteiger partial charge is 0.270 e. The van der Waals surface area contributed by atoms with Crippen LogP contribution in [0.1, 0.15) is 18.7 Å². The first kappa shape index (κ1) is 16.3. The van der Waals surface area contributed by atoms with E-state index in [0.29, 0.717) is 16.5 Å². The molecule has 2 aromatic heterocycles. The van der Waals surface area contributed by atoms with Crippen molar-refractivity contribution in [2.75, 3.05) is 12.4 Å². The fraction of sp³-hybridized carbons (Fsp3) is 0.167. The first-order valence-corrected chi connectivity index (χ1v) is 8.75. The Balaban J connectivity index is 1.62. The number of ether oxygens (including phenoxy) is 1. The number of nitrogens with zero attached hydrogens (tertiary/aromatic N) is 2. The van der Waals surface area contributed by atoms with Gasteiger partial charge in [-0.3, -0.25) is 10.1 Å². The number of fused-ring (bicyclic) bond motifs is 2. The molecular formula is C18H15N3O4S. The fourth-order valence-corrected chi connectivity index (χ4v) is 3.76. The van der Waals surface area contributed by atoms with Crippen molar-refractivity contribution in [2.24, 2.45) is 0 Å². The third-order valence-electron chi connectivity index (χ3n) is 4.10. The molecule has 26 heavy (non-hydrogen) atoms. The van der Waals surface area contributed by atoms with Gasteiger partial charge in [-0.2, -0.15) is 0 Å². The summed E-state index contributed by atoms with van der Waals surface area (Å²) in [4.78, 5) is 15.0. The lowest BCUT2D eigenvalue weighted by atomic mass is 10.2. The zero-order chi connectivity index (χ0) is 18.3. The average molecular weight is 369 g/mol. The zero-order valence-electron chi connectivity index (χ0n) is 14.1. The molecule has 0 aliphatic rings. The van der Waals surface area contributed by atoms with Crippen LogP contribution in [0.25, 0.3) is 21.2 Å². The summed E-state index contributed by atoms with van der Waals surface area (Å²) in [7, 11) is 1.61. The molecule has 2 heterocycles. The molecule has 1 unspecified atom stereocenters. The molecule has 4 aromatic rings. The van der Waals surface area contributed by atoms with E-state index in [4.69, 9.17) is 9.15 Å². The molecule has 0 fully saturated rings. The van der Waals surface area contributed by atoms with Gasteiger partial charge in [0.25, 0.3) is 5.69 Å². The molecule has 0 aliphatic carbocycles. The molecule has 0 aliphatic heterocycles. The second-order valence-electron chi connectivity index (χ2n) is 5.82. The lowest BCUT2D eigenvalue weighted by Gasteiger charge is -2.09. The van der Waals surface area contributed by atoms with E-state index in [1.165, 1.54) is 23.5 Å². The van der Waals surface area contributed by atoms with Crippen molar-refractivity contribution < 1.29 is 14.1 Å². The number of nitro benzene ring substituents is 1. The Morgan fingerprint density at radius 2 is 2.15 bits per heavy atom. The van der Waals surface area contributed by atoms with Crippen molar-refractivity contribution in [3.05, 3.63) is 58.3 Å². The van der Waals surface area contributed by atoms with E-state index < -0.39 is 4.92 Å². The van der Waals surface area contributed by atoms with Gasteiger partial charge >= 0.3 is 0 Å². The van der Waals surface area contributed by atoms with E-state index >= 15 is 0 Å². The third kappa shape index (κ3) is 2.84. The molecule has 0 spiro atoms. The summed E-state index contributed by atoms with van der Waals surface area (Å²) in [6.07, 6.45) is 0. The van der Waals surface area contributed by atoms with Crippen molar-refractivity contribution in [1.82, 2.24) is 4.98 Å². The van der Waals surface area contributed by atoms with Crippen molar-refractivity contribution in [2.45, 2.75) is 13.0 Å². The number of nitrogens with one attached hydrogen (secondary N) is 1. The second kappa shape index (κ2) is 6.30. The number of anilines is 1. The van der Waals surface area contributed by atoms with E-state index in [-0.39, 0.29) is 11.7 Å².